The molecule has 0 heterocycles. The molecule has 0 saturated carbocycles. The number of rotatable bonds is 8. The lowest BCUT2D eigenvalue weighted by Crippen LogP contribution is -2.33. The minimum atomic E-state index is -0.379. The minimum Gasteiger partial charge on any atom is -0.351 e. The highest BCUT2D eigenvalue weighted by atomic mass is 16.5. The topological polar surface area (TPSA) is 81.7 Å². The van der Waals surface area contributed by atoms with E-state index in [9.17, 15) is 9.59 Å². The number of benzene rings is 1. The van der Waals surface area contributed by atoms with Crippen molar-refractivity contribution in [2.75, 3.05) is 26.7 Å². The molecule has 0 radical (unpaired) electrons. The summed E-state index contributed by atoms with van der Waals surface area (Å²) < 4.78 is 0. The number of nitrogens with one attached hydrogen (secondary N) is 2. The molecule has 110 valence electrons. The van der Waals surface area contributed by atoms with E-state index in [1.807, 2.05) is 30.1 Å². The van der Waals surface area contributed by atoms with Gasteiger partial charge in [-0.3, -0.25) is 14.8 Å². The maximum atomic E-state index is 11.8. The maximum Gasteiger partial charge on any atom is 0.251 e. The van der Waals surface area contributed by atoms with Crippen LogP contribution in [0.15, 0.2) is 30.3 Å². The van der Waals surface area contributed by atoms with Gasteiger partial charge in [0.25, 0.3) is 5.91 Å². The molecule has 0 spiro atoms. The molecule has 1 aromatic rings. The summed E-state index contributed by atoms with van der Waals surface area (Å²) in [6, 6.07) is 9.06. The quantitative estimate of drug-likeness (QED) is 0.481. The number of likely N-dealkylation sites (N-methyl/N-ethyl adjacent to an activating group) is 1. The van der Waals surface area contributed by atoms with Crippen LogP contribution in [0.5, 0.6) is 0 Å². The zero-order chi connectivity index (χ0) is 14.8. The number of carbonyl (C=O) groups excluding carboxylic acids is 2. The van der Waals surface area contributed by atoms with Crippen molar-refractivity contribution in [1.82, 2.24) is 15.7 Å². The standard InChI is InChI=1S/C14H21N3O3/c1-17(10-5-8-13(18)16-20)11-9-15-14(19)12-6-3-2-4-7-12/h2-4,6-7,20H,5,8-11H2,1H3,(H,15,19)(H,16,18). The second kappa shape index (κ2) is 9.06. The first-order valence-electron chi connectivity index (χ1n) is 6.58. The molecule has 0 bridgehead atoms. The molecule has 0 aromatic heterocycles. The summed E-state index contributed by atoms with van der Waals surface area (Å²) in [5.74, 6) is -0.463. The Kier molecular flexibility index (Phi) is 7.31. The molecule has 1 aromatic carbocycles. The SMILES string of the molecule is CN(CCCC(=O)NO)CCNC(=O)c1ccccc1. The Labute approximate surface area is 118 Å². The highest BCUT2D eigenvalue weighted by molar-refractivity contribution is 5.94. The summed E-state index contributed by atoms with van der Waals surface area (Å²) in [4.78, 5) is 24.6. The van der Waals surface area contributed by atoms with Crippen LogP contribution in [-0.2, 0) is 4.79 Å². The summed E-state index contributed by atoms with van der Waals surface area (Å²) >= 11 is 0. The molecule has 6 nitrogen and oxygen atoms in total. The van der Waals surface area contributed by atoms with E-state index in [1.165, 1.54) is 0 Å². The van der Waals surface area contributed by atoms with Crippen LogP contribution in [0, 0.1) is 0 Å². The minimum absolute atomic E-state index is 0.0846. The van der Waals surface area contributed by atoms with Gasteiger partial charge in [0.05, 0.1) is 0 Å². The van der Waals surface area contributed by atoms with Crippen molar-refractivity contribution < 1.29 is 14.8 Å². The van der Waals surface area contributed by atoms with Crippen molar-refractivity contribution in [2.24, 2.45) is 0 Å². The van der Waals surface area contributed by atoms with Gasteiger partial charge < -0.3 is 10.2 Å². The molecule has 0 saturated heterocycles. The first kappa shape index (κ1) is 16.1. The van der Waals surface area contributed by atoms with Crippen LogP contribution in [0.25, 0.3) is 0 Å². The van der Waals surface area contributed by atoms with Crippen molar-refractivity contribution in [3.8, 4) is 0 Å². The molecule has 3 N–H and O–H groups in total. The Balaban J connectivity index is 2.14. The van der Waals surface area contributed by atoms with Gasteiger partial charge in [-0.1, -0.05) is 18.2 Å². The summed E-state index contributed by atoms with van der Waals surface area (Å²) in [7, 11) is 1.92. The van der Waals surface area contributed by atoms with Gasteiger partial charge in [0.1, 0.15) is 0 Å². The van der Waals surface area contributed by atoms with Crippen LogP contribution in [0.2, 0.25) is 0 Å². The van der Waals surface area contributed by atoms with E-state index >= 15 is 0 Å². The highest BCUT2D eigenvalue weighted by Crippen LogP contribution is 1.97. The third-order valence-corrected chi connectivity index (χ3v) is 2.88. The first-order chi connectivity index (χ1) is 9.63. The van der Waals surface area contributed by atoms with E-state index in [1.54, 1.807) is 17.6 Å². The van der Waals surface area contributed by atoms with E-state index in [0.717, 1.165) is 6.54 Å². The van der Waals surface area contributed by atoms with Crippen molar-refractivity contribution in [3.63, 3.8) is 0 Å². The van der Waals surface area contributed by atoms with Gasteiger partial charge in [0.2, 0.25) is 5.91 Å². The summed E-state index contributed by atoms with van der Waals surface area (Å²) in [5.41, 5.74) is 2.25. The monoisotopic (exact) mass is 279 g/mol. The lowest BCUT2D eigenvalue weighted by Gasteiger charge is -2.16. The number of hydroxylamine groups is 1. The molecule has 0 aliphatic carbocycles. The Bertz CT molecular complexity index is 423. The molecule has 0 atom stereocenters. The van der Waals surface area contributed by atoms with Crippen LogP contribution in [0.1, 0.15) is 23.2 Å². The predicted octanol–water partition coefficient (Wildman–Crippen LogP) is 0.634. The molecule has 0 aliphatic rings. The maximum absolute atomic E-state index is 11.8. The molecular formula is C14H21N3O3. The van der Waals surface area contributed by atoms with Gasteiger partial charge >= 0.3 is 0 Å². The lowest BCUT2D eigenvalue weighted by atomic mass is 10.2. The van der Waals surface area contributed by atoms with Crippen LogP contribution in [-0.4, -0.2) is 48.6 Å². The third-order valence-electron chi connectivity index (χ3n) is 2.88. The van der Waals surface area contributed by atoms with Crippen molar-refractivity contribution in [2.45, 2.75) is 12.8 Å². The fourth-order valence-corrected chi connectivity index (χ4v) is 1.73. The fourth-order valence-electron chi connectivity index (χ4n) is 1.73. The van der Waals surface area contributed by atoms with E-state index in [0.29, 0.717) is 25.1 Å². The van der Waals surface area contributed by atoms with E-state index in [-0.39, 0.29) is 18.2 Å². The largest absolute Gasteiger partial charge is 0.351 e. The van der Waals surface area contributed by atoms with Crippen molar-refractivity contribution >= 4 is 11.8 Å². The number of carbonyl (C=O) groups is 2. The smallest absolute Gasteiger partial charge is 0.251 e. The van der Waals surface area contributed by atoms with Crippen molar-refractivity contribution in [1.29, 1.82) is 0 Å². The van der Waals surface area contributed by atoms with Crippen LogP contribution < -0.4 is 10.8 Å². The lowest BCUT2D eigenvalue weighted by molar-refractivity contribution is -0.129. The van der Waals surface area contributed by atoms with Crippen LogP contribution in [0.3, 0.4) is 0 Å². The number of amides is 2. The molecule has 1 rings (SSSR count). The number of nitrogens with zero attached hydrogens (tertiary/aromatic N) is 1. The Hall–Kier alpha value is -1.92. The summed E-state index contributed by atoms with van der Waals surface area (Å²) in [6.07, 6.45) is 0.951. The molecular weight excluding hydrogens is 258 g/mol. The van der Waals surface area contributed by atoms with E-state index < -0.39 is 0 Å². The summed E-state index contributed by atoms with van der Waals surface area (Å²) in [5, 5.41) is 11.2. The van der Waals surface area contributed by atoms with Gasteiger partial charge in [0, 0.05) is 25.1 Å². The molecule has 0 unspecified atom stereocenters. The average molecular weight is 279 g/mol. The zero-order valence-corrected chi connectivity index (χ0v) is 11.6. The second-order valence-corrected chi connectivity index (χ2v) is 4.56. The Morgan fingerprint density at radius 2 is 1.90 bits per heavy atom. The highest BCUT2D eigenvalue weighted by Gasteiger charge is 2.05. The molecule has 6 heteroatoms. The number of hydrogen-bond acceptors (Lipinski definition) is 4. The van der Waals surface area contributed by atoms with Crippen molar-refractivity contribution in [3.05, 3.63) is 35.9 Å². The molecule has 20 heavy (non-hydrogen) atoms. The van der Waals surface area contributed by atoms with Gasteiger partial charge in [-0.2, -0.15) is 0 Å². The molecule has 0 aliphatic heterocycles. The second-order valence-electron chi connectivity index (χ2n) is 4.56. The van der Waals surface area contributed by atoms with E-state index in [4.69, 9.17) is 5.21 Å². The third kappa shape index (κ3) is 6.31. The molecule has 0 fully saturated rings. The number of hydrogen-bond donors (Lipinski definition) is 3. The van der Waals surface area contributed by atoms with Crippen LogP contribution in [0.4, 0.5) is 0 Å². The normalized spacial score (nSPS) is 10.3. The average Bonchev–Trinajstić information content (AvgIpc) is 2.47. The first-order valence-corrected chi connectivity index (χ1v) is 6.58. The Morgan fingerprint density at radius 3 is 2.55 bits per heavy atom. The van der Waals surface area contributed by atoms with Crippen LogP contribution >= 0.6 is 0 Å². The van der Waals surface area contributed by atoms with Gasteiger partial charge in [-0.15, -0.1) is 0 Å². The molecule has 2 amide bonds. The van der Waals surface area contributed by atoms with Gasteiger partial charge in [0.15, 0.2) is 0 Å². The fraction of sp³-hybridized carbons (Fsp3) is 0.429. The Morgan fingerprint density at radius 1 is 1.20 bits per heavy atom. The van der Waals surface area contributed by atoms with E-state index in [2.05, 4.69) is 5.32 Å². The zero-order valence-electron chi connectivity index (χ0n) is 11.6. The van der Waals surface area contributed by atoms with Gasteiger partial charge in [-0.25, -0.2) is 5.48 Å². The summed E-state index contributed by atoms with van der Waals surface area (Å²) in [6.45, 7) is 1.99. The predicted molar refractivity (Wildman–Crippen MR) is 75.4 cm³/mol. The van der Waals surface area contributed by atoms with Gasteiger partial charge in [-0.05, 0) is 32.1 Å².